The van der Waals surface area contributed by atoms with Crippen LogP contribution in [0.15, 0.2) is 55.1 Å². The van der Waals surface area contributed by atoms with Crippen LogP contribution in [0.1, 0.15) is 18.4 Å². The van der Waals surface area contributed by atoms with Gasteiger partial charge in [-0.3, -0.25) is 4.98 Å². The van der Waals surface area contributed by atoms with Crippen LogP contribution in [0.25, 0.3) is 11.2 Å². The molecule has 0 spiro atoms. The minimum Gasteiger partial charge on any atom is -0.508 e. The first-order valence-electron chi connectivity index (χ1n) is 10.2. The minimum absolute atomic E-state index is 0.191. The van der Waals surface area contributed by atoms with Gasteiger partial charge in [-0.05, 0) is 42.7 Å². The Morgan fingerprint density at radius 2 is 1.74 bits per heavy atom. The molecule has 9 nitrogen and oxygen atoms in total. The van der Waals surface area contributed by atoms with Gasteiger partial charge in [0.05, 0.1) is 11.9 Å². The number of aromatic nitrogens is 5. The van der Waals surface area contributed by atoms with Gasteiger partial charge < -0.3 is 25.0 Å². The highest BCUT2D eigenvalue weighted by molar-refractivity contribution is 5.86. The fourth-order valence-electron chi connectivity index (χ4n) is 4.02. The second-order valence-corrected chi connectivity index (χ2v) is 7.78. The molecule has 31 heavy (non-hydrogen) atoms. The van der Waals surface area contributed by atoms with Crippen molar-refractivity contribution in [3.05, 3.63) is 60.7 Å². The van der Waals surface area contributed by atoms with E-state index in [-0.39, 0.29) is 5.75 Å². The molecule has 9 heteroatoms. The number of phenols is 1. The summed E-state index contributed by atoms with van der Waals surface area (Å²) in [5.41, 5.74) is 2.20. The van der Waals surface area contributed by atoms with Gasteiger partial charge in [-0.15, -0.1) is 0 Å². The van der Waals surface area contributed by atoms with Crippen LogP contribution < -0.4 is 9.80 Å². The summed E-state index contributed by atoms with van der Waals surface area (Å²) in [6.07, 6.45) is 6.18. The molecular formula is C22H23N7O2. The Balaban J connectivity index is 1.43. The van der Waals surface area contributed by atoms with Crippen LogP contribution in [-0.4, -0.2) is 55.3 Å². The van der Waals surface area contributed by atoms with Crippen LogP contribution in [0.2, 0.25) is 0 Å². The number of nitrogens with zero attached hydrogens (tertiary/aromatic N) is 6. The van der Waals surface area contributed by atoms with E-state index in [4.69, 9.17) is 4.98 Å². The maximum Gasteiger partial charge on any atom is 0.229 e. The maximum absolute atomic E-state index is 11.1. The number of imidazole rings is 1. The van der Waals surface area contributed by atoms with Crippen molar-refractivity contribution in [3.63, 3.8) is 0 Å². The highest BCUT2D eigenvalue weighted by Crippen LogP contribution is 2.35. The maximum atomic E-state index is 11.1. The Labute approximate surface area is 179 Å². The van der Waals surface area contributed by atoms with Gasteiger partial charge in [-0.25, -0.2) is 4.98 Å². The Morgan fingerprint density at radius 1 is 1.03 bits per heavy atom. The van der Waals surface area contributed by atoms with Crippen LogP contribution in [0.5, 0.6) is 5.75 Å². The molecule has 0 bridgehead atoms. The molecule has 1 aliphatic rings. The van der Waals surface area contributed by atoms with E-state index in [0.717, 1.165) is 22.6 Å². The molecular weight excluding hydrogens is 394 g/mol. The monoisotopic (exact) mass is 417 g/mol. The lowest BCUT2D eigenvalue weighted by Crippen LogP contribution is -2.43. The van der Waals surface area contributed by atoms with Crippen molar-refractivity contribution < 1.29 is 10.2 Å². The van der Waals surface area contributed by atoms with Gasteiger partial charge in [0.1, 0.15) is 11.3 Å². The predicted molar refractivity (Wildman–Crippen MR) is 117 cm³/mol. The molecule has 3 N–H and O–H groups in total. The molecule has 0 saturated carbocycles. The Morgan fingerprint density at radius 3 is 2.45 bits per heavy atom. The number of piperidine rings is 1. The summed E-state index contributed by atoms with van der Waals surface area (Å²) < 4.78 is 0. The fourth-order valence-corrected chi connectivity index (χ4v) is 4.02. The number of fused-ring (bicyclic) bond motifs is 1. The van der Waals surface area contributed by atoms with Crippen molar-refractivity contribution in [1.82, 2.24) is 24.9 Å². The number of hydrogen-bond donors (Lipinski definition) is 3. The number of rotatable bonds is 4. The van der Waals surface area contributed by atoms with Crippen LogP contribution in [-0.2, 0) is 5.60 Å². The van der Waals surface area contributed by atoms with E-state index >= 15 is 0 Å². The second-order valence-electron chi connectivity index (χ2n) is 7.78. The lowest BCUT2D eigenvalue weighted by Gasteiger charge is -2.38. The average Bonchev–Trinajstić information content (AvgIpc) is 3.28. The smallest absolute Gasteiger partial charge is 0.229 e. The fraction of sp³-hybridized carbons (Fsp3) is 0.273. The van der Waals surface area contributed by atoms with Gasteiger partial charge in [0, 0.05) is 38.2 Å². The first-order chi connectivity index (χ1) is 15.0. The Kier molecular flexibility index (Phi) is 4.67. The molecule has 0 radical (unpaired) electrons. The summed E-state index contributed by atoms with van der Waals surface area (Å²) >= 11 is 0. The third-order valence-electron chi connectivity index (χ3n) is 5.90. The highest BCUT2D eigenvalue weighted by atomic mass is 16.3. The van der Waals surface area contributed by atoms with E-state index < -0.39 is 5.60 Å². The SMILES string of the molecule is CN(c1ccncc1)c1nc(N2CCC(O)(c3ccc(O)cc3)CC2)nc2nc[nH]c12. The van der Waals surface area contributed by atoms with E-state index in [2.05, 4.69) is 24.8 Å². The molecule has 0 amide bonds. The topological polar surface area (TPSA) is 114 Å². The zero-order valence-corrected chi connectivity index (χ0v) is 17.1. The standard InChI is InChI=1S/C22H23N7O2/c1-28(16-6-10-23-11-7-16)20-18-19(25-14-24-18)26-21(27-20)29-12-8-22(31,9-13-29)15-2-4-17(30)5-3-15/h2-7,10-11,14,30-31H,8-9,12-13H2,1H3,(H,24,25,26,27). The molecule has 1 fully saturated rings. The summed E-state index contributed by atoms with van der Waals surface area (Å²) in [5, 5.41) is 20.7. The van der Waals surface area contributed by atoms with E-state index in [1.54, 1.807) is 43.0 Å². The third kappa shape index (κ3) is 3.53. The third-order valence-corrected chi connectivity index (χ3v) is 5.90. The number of benzene rings is 1. The number of phenolic OH excluding ortho intramolecular Hbond substituents is 1. The van der Waals surface area contributed by atoms with Crippen molar-refractivity contribution in [2.45, 2.75) is 18.4 Å². The van der Waals surface area contributed by atoms with Crippen molar-refractivity contribution in [2.24, 2.45) is 0 Å². The number of pyridine rings is 1. The largest absolute Gasteiger partial charge is 0.508 e. The van der Waals surface area contributed by atoms with Crippen molar-refractivity contribution in [1.29, 1.82) is 0 Å². The van der Waals surface area contributed by atoms with Gasteiger partial charge >= 0.3 is 0 Å². The molecule has 158 valence electrons. The van der Waals surface area contributed by atoms with Gasteiger partial charge in [-0.1, -0.05) is 12.1 Å². The molecule has 1 aliphatic heterocycles. The van der Waals surface area contributed by atoms with Crippen molar-refractivity contribution in [3.8, 4) is 5.75 Å². The summed E-state index contributed by atoms with van der Waals surface area (Å²) in [6, 6.07) is 10.6. The number of aromatic amines is 1. The molecule has 1 aromatic carbocycles. The molecule has 3 aromatic heterocycles. The average molecular weight is 417 g/mol. The summed E-state index contributed by atoms with van der Waals surface area (Å²) in [7, 11) is 1.95. The quantitative estimate of drug-likeness (QED) is 0.464. The van der Waals surface area contributed by atoms with Crippen LogP contribution in [0.3, 0.4) is 0 Å². The van der Waals surface area contributed by atoms with Gasteiger partial charge in [-0.2, -0.15) is 9.97 Å². The zero-order chi connectivity index (χ0) is 21.4. The molecule has 4 heterocycles. The normalized spacial score (nSPS) is 15.9. The zero-order valence-electron chi connectivity index (χ0n) is 17.1. The molecule has 0 atom stereocenters. The minimum atomic E-state index is -0.933. The van der Waals surface area contributed by atoms with Gasteiger partial charge in [0.25, 0.3) is 0 Å². The van der Waals surface area contributed by atoms with Crippen LogP contribution >= 0.6 is 0 Å². The lowest BCUT2D eigenvalue weighted by atomic mass is 9.84. The molecule has 0 aliphatic carbocycles. The molecule has 0 unspecified atom stereocenters. The predicted octanol–water partition coefficient (Wildman–Crippen LogP) is 2.71. The van der Waals surface area contributed by atoms with Gasteiger partial charge in [0.2, 0.25) is 5.95 Å². The number of aliphatic hydroxyl groups is 1. The van der Waals surface area contributed by atoms with E-state index in [1.807, 2.05) is 24.1 Å². The highest BCUT2D eigenvalue weighted by Gasteiger charge is 2.35. The Bertz CT molecular complexity index is 1190. The number of aromatic hydroxyl groups is 1. The Hall–Kier alpha value is -3.72. The second kappa shape index (κ2) is 7.51. The molecule has 4 aromatic rings. The van der Waals surface area contributed by atoms with E-state index in [9.17, 15) is 10.2 Å². The van der Waals surface area contributed by atoms with E-state index in [0.29, 0.717) is 37.5 Å². The lowest BCUT2D eigenvalue weighted by molar-refractivity contribution is 0.0115. The molecule has 5 rings (SSSR count). The van der Waals surface area contributed by atoms with Crippen molar-refractivity contribution in [2.75, 3.05) is 29.9 Å². The first kappa shape index (κ1) is 19.3. The van der Waals surface area contributed by atoms with Crippen LogP contribution in [0.4, 0.5) is 17.5 Å². The van der Waals surface area contributed by atoms with Gasteiger partial charge in [0.15, 0.2) is 11.5 Å². The first-order valence-corrected chi connectivity index (χ1v) is 10.2. The number of hydrogen-bond acceptors (Lipinski definition) is 8. The number of H-pyrrole nitrogens is 1. The summed E-state index contributed by atoms with van der Waals surface area (Å²) in [6.45, 7) is 1.21. The van der Waals surface area contributed by atoms with E-state index in [1.165, 1.54) is 0 Å². The summed E-state index contributed by atoms with van der Waals surface area (Å²) in [4.78, 5) is 25.1. The van der Waals surface area contributed by atoms with Crippen molar-refractivity contribution >= 4 is 28.6 Å². The summed E-state index contributed by atoms with van der Waals surface area (Å²) in [5.74, 6) is 1.50. The van der Waals surface area contributed by atoms with Crippen LogP contribution in [0, 0.1) is 0 Å². The number of nitrogens with one attached hydrogen (secondary N) is 1. The molecule has 1 saturated heterocycles. The number of anilines is 3.